The van der Waals surface area contributed by atoms with Crippen molar-refractivity contribution < 1.29 is 22.4 Å². The van der Waals surface area contributed by atoms with Crippen LogP contribution in [0.4, 0.5) is 5.82 Å². The van der Waals surface area contributed by atoms with Gasteiger partial charge in [0, 0.05) is 18.4 Å². The molecule has 9 nitrogen and oxygen atoms in total. The first-order valence-corrected chi connectivity index (χ1v) is 11.5. The van der Waals surface area contributed by atoms with Gasteiger partial charge in [0.1, 0.15) is 18.2 Å². The van der Waals surface area contributed by atoms with E-state index in [9.17, 15) is 13.5 Å². The molecule has 1 heterocycles. The third-order valence-electron chi connectivity index (χ3n) is 5.68. The van der Waals surface area contributed by atoms with Gasteiger partial charge in [0.25, 0.3) is 0 Å². The monoisotopic (exact) mass is 434 g/mol. The molecule has 0 amide bonds. The number of fused-ring (bicyclic) bond motifs is 1. The summed E-state index contributed by atoms with van der Waals surface area (Å²) in [4.78, 5) is 8.49. The van der Waals surface area contributed by atoms with Gasteiger partial charge in [-0.1, -0.05) is 24.3 Å². The fourth-order valence-electron chi connectivity index (χ4n) is 4.25. The molecule has 0 saturated heterocycles. The van der Waals surface area contributed by atoms with Gasteiger partial charge < -0.3 is 15.2 Å². The lowest BCUT2D eigenvalue weighted by molar-refractivity contribution is 0.0986. The Morgan fingerprint density at radius 2 is 2.07 bits per heavy atom. The van der Waals surface area contributed by atoms with Crippen LogP contribution in [0.5, 0.6) is 5.88 Å². The van der Waals surface area contributed by atoms with Gasteiger partial charge in [0.2, 0.25) is 5.88 Å². The molecule has 0 spiro atoms. The highest BCUT2D eigenvalue weighted by atomic mass is 32.2. The maximum atomic E-state index is 11.0. The summed E-state index contributed by atoms with van der Waals surface area (Å²) in [6.45, 7) is -0.169. The Labute approximate surface area is 175 Å². The van der Waals surface area contributed by atoms with E-state index in [4.69, 9.17) is 9.88 Å². The predicted octanol–water partition coefficient (Wildman–Crippen LogP) is 1.70. The highest BCUT2D eigenvalue weighted by molar-refractivity contribution is 7.84. The molecule has 0 unspecified atom stereocenters. The van der Waals surface area contributed by atoms with E-state index in [1.807, 2.05) is 0 Å². The van der Waals surface area contributed by atoms with Crippen molar-refractivity contribution in [2.75, 3.05) is 11.9 Å². The molecular weight excluding hydrogens is 408 g/mol. The first-order chi connectivity index (χ1) is 14.4. The number of hydrogen-bond donors (Lipinski definition) is 3. The van der Waals surface area contributed by atoms with E-state index in [1.165, 1.54) is 17.5 Å². The van der Waals surface area contributed by atoms with Crippen LogP contribution in [-0.2, 0) is 20.9 Å². The number of rotatable bonds is 7. The quantitative estimate of drug-likeness (QED) is 0.599. The number of aromatic nitrogens is 2. The average Bonchev–Trinajstić information content (AvgIpc) is 3.05. The standard InChI is InChI=1S/C20H26N4O5S/c21-30(26,27)28-11-14-8-15(9-18(14)25)29-20-10-19(22-12-23-20)24-17-7-3-5-13-4-1-2-6-16(13)17/h1-2,4,6,10,12,14-15,17-18,25H,3,5,7-9,11H2,(H2,21,26,27)(H,22,23,24)/t14-,15+,17-,18-/m0/s1. The predicted molar refractivity (Wildman–Crippen MR) is 110 cm³/mol. The molecule has 30 heavy (non-hydrogen) atoms. The Morgan fingerprint density at radius 3 is 2.90 bits per heavy atom. The van der Waals surface area contributed by atoms with Crippen molar-refractivity contribution in [2.24, 2.45) is 11.1 Å². The van der Waals surface area contributed by atoms with Gasteiger partial charge in [-0.3, -0.25) is 4.18 Å². The number of aryl methyl sites for hydroxylation is 1. The van der Waals surface area contributed by atoms with Gasteiger partial charge >= 0.3 is 10.3 Å². The van der Waals surface area contributed by atoms with Crippen LogP contribution in [0.25, 0.3) is 0 Å². The van der Waals surface area contributed by atoms with E-state index in [0.29, 0.717) is 24.5 Å². The number of aliphatic hydroxyl groups excluding tert-OH is 1. The molecule has 0 radical (unpaired) electrons. The van der Waals surface area contributed by atoms with Gasteiger partial charge in [-0.15, -0.1) is 0 Å². The van der Waals surface area contributed by atoms with Crippen LogP contribution in [0, 0.1) is 5.92 Å². The Morgan fingerprint density at radius 1 is 1.23 bits per heavy atom. The molecular formula is C20H26N4O5S. The lowest BCUT2D eigenvalue weighted by atomic mass is 9.88. The van der Waals surface area contributed by atoms with Gasteiger partial charge in [-0.25, -0.2) is 15.1 Å². The molecule has 1 aromatic carbocycles. The van der Waals surface area contributed by atoms with Crippen LogP contribution in [0.15, 0.2) is 36.7 Å². The summed E-state index contributed by atoms with van der Waals surface area (Å²) in [5.74, 6) is 0.711. The first kappa shape index (κ1) is 21.0. The zero-order valence-electron chi connectivity index (χ0n) is 16.5. The Hall–Kier alpha value is -2.27. The summed E-state index contributed by atoms with van der Waals surface area (Å²) in [6, 6.07) is 10.4. The molecule has 0 aliphatic heterocycles. The lowest BCUT2D eigenvalue weighted by Gasteiger charge is -2.26. The minimum absolute atomic E-state index is 0.169. The summed E-state index contributed by atoms with van der Waals surface area (Å²) in [5.41, 5.74) is 2.65. The fourth-order valence-corrected chi connectivity index (χ4v) is 4.61. The van der Waals surface area contributed by atoms with Crippen LogP contribution in [-0.4, -0.2) is 42.3 Å². The molecule has 0 bridgehead atoms. The van der Waals surface area contributed by atoms with Crippen LogP contribution < -0.4 is 15.2 Å². The molecule has 162 valence electrons. The maximum Gasteiger partial charge on any atom is 0.333 e. The molecule has 2 aliphatic rings. The summed E-state index contributed by atoms with van der Waals surface area (Å²) in [6.07, 6.45) is 4.46. The van der Waals surface area contributed by atoms with E-state index in [1.54, 1.807) is 6.07 Å². The van der Waals surface area contributed by atoms with E-state index < -0.39 is 16.4 Å². The van der Waals surface area contributed by atoms with E-state index in [2.05, 4.69) is 43.7 Å². The molecule has 1 aromatic heterocycles. The number of anilines is 1. The molecule has 2 aliphatic carbocycles. The van der Waals surface area contributed by atoms with E-state index >= 15 is 0 Å². The minimum atomic E-state index is -4.03. The first-order valence-electron chi connectivity index (χ1n) is 10.1. The third kappa shape index (κ3) is 5.25. The second-order valence-corrected chi connectivity index (χ2v) is 9.07. The second kappa shape index (κ2) is 8.84. The Kier molecular flexibility index (Phi) is 6.19. The molecule has 4 N–H and O–H groups in total. The van der Waals surface area contributed by atoms with Crippen molar-refractivity contribution in [2.45, 2.75) is 50.4 Å². The minimum Gasteiger partial charge on any atom is -0.474 e. The largest absolute Gasteiger partial charge is 0.474 e. The second-order valence-electron chi connectivity index (χ2n) is 7.85. The lowest BCUT2D eigenvalue weighted by Crippen LogP contribution is -2.24. The van der Waals surface area contributed by atoms with Gasteiger partial charge in [0.05, 0.1) is 18.8 Å². The summed E-state index contributed by atoms with van der Waals surface area (Å²) >= 11 is 0. The van der Waals surface area contributed by atoms with Gasteiger partial charge in [-0.2, -0.15) is 8.42 Å². The van der Waals surface area contributed by atoms with Crippen LogP contribution in [0.2, 0.25) is 0 Å². The number of hydrogen-bond acceptors (Lipinski definition) is 8. The molecule has 4 atom stereocenters. The van der Waals surface area contributed by atoms with Crippen LogP contribution in [0.3, 0.4) is 0 Å². The smallest absolute Gasteiger partial charge is 0.333 e. The third-order valence-corrected chi connectivity index (χ3v) is 6.15. The number of benzene rings is 1. The molecule has 1 fully saturated rings. The number of aliphatic hydroxyl groups is 1. The number of nitrogens with two attached hydrogens (primary N) is 1. The number of nitrogens with one attached hydrogen (secondary N) is 1. The van der Waals surface area contributed by atoms with Crippen molar-refractivity contribution in [3.05, 3.63) is 47.8 Å². The Bertz CT molecular complexity index is 987. The van der Waals surface area contributed by atoms with Crippen molar-refractivity contribution in [3.8, 4) is 5.88 Å². The topological polar surface area (TPSA) is 137 Å². The number of nitrogens with zero attached hydrogens (tertiary/aromatic N) is 2. The van der Waals surface area contributed by atoms with Gasteiger partial charge in [0.15, 0.2) is 0 Å². The zero-order chi connectivity index (χ0) is 21.1. The highest BCUT2D eigenvalue weighted by Gasteiger charge is 2.35. The van der Waals surface area contributed by atoms with Gasteiger partial charge in [-0.05, 0) is 36.8 Å². The van der Waals surface area contributed by atoms with Crippen LogP contribution in [0.1, 0.15) is 42.9 Å². The van der Waals surface area contributed by atoms with Crippen molar-refractivity contribution in [1.82, 2.24) is 9.97 Å². The number of ether oxygens (including phenoxy) is 1. The summed E-state index contributed by atoms with van der Waals surface area (Å²) < 4.78 is 32.5. The normalized spacial score (nSPS) is 26.2. The fraction of sp³-hybridized carbons (Fsp3) is 0.500. The SMILES string of the molecule is NS(=O)(=O)OC[C@@H]1C[C@@H](Oc2cc(N[C@H]3CCCc4ccccc43)ncn2)C[C@@H]1O. The van der Waals surface area contributed by atoms with Crippen molar-refractivity contribution in [3.63, 3.8) is 0 Å². The zero-order valence-corrected chi connectivity index (χ0v) is 17.3. The molecule has 1 saturated carbocycles. The van der Waals surface area contributed by atoms with Crippen molar-refractivity contribution in [1.29, 1.82) is 0 Å². The average molecular weight is 435 g/mol. The molecule has 4 rings (SSSR count). The van der Waals surface area contributed by atoms with Crippen LogP contribution >= 0.6 is 0 Å². The summed E-state index contributed by atoms with van der Waals surface area (Å²) in [7, 11) is -4.03. The van der Waals surface area contributed by atoms with E-state index in [0.717, 1.165) is 19.3 Å². The molecule has 2 aromatic rings. The summed E-state index contributed by atoms with van der Waals surface area (Å²) in [5, 5.41) is 18.5. The van der Waals surface area contributed by atoms with Crippen molar-refractivity contribution >= 4 is 16.1 Å². The van der Waals surface area contributed by atoms with E-state index in [-0.39, 0.29) is 24.7 Å². The molecule has 10 heteroatoms. The highest BCUT2D eigenvalue weighted by Crippen LogP contribution is 2.33. The Balaban J connectivity index is 1.38. The maximum absolute atomic E-state index is 11.0.